The van der Waals surface area contributed by atoms with Crippen molar-refractivity contribution in [1.82, 2.24) is 4.90 Å². The second-order valence-corrected chi connectivity index (χ2v) is 5.02. The van der Waals surface area contributed by atoms with Gasteiger partial charge in [-0.1, -0.05) is 23.4 Å². The van der Waals surface area contributed by atoms with Gasteiger partial charge in [0.15, 0.2) is 0 Å². The Morgan fingerprint density at radius 2 is 2.05 bits per heavy atom. The number of methoxy groups -OCH3 is 1. The molecule has 19 heavy (non-hydrogen) atoms. The predicted octanol–water partition coefficient (Wildman–Crippen LogP) is 2.59. The average molecular weight is 258 g/mol. The van der Waals surface area contributed by atoms with E-state index in [1.165, 1.54) is 0 Å². The van der Waals surface area contributed by atoms with E-state index in [9.17, 15) is 5.21 Å². The first-order chi connectivity index (χ1) is 9.33. The zero-order valence-electron chi connectivity index (χ0n) is 11.0. The van der Waals surface area contributed by atoms with E-state index in [0.717, 1.165) is 48.7 Å². The number of nitrogens with zero attached hydrogens (tertiary/aromatic N) is 2. The van der Waals surface area contributed by atoms with Gasteiger partial charge in [0, 0.05) is 24.6 Å². The minimum atomic E-state index is 0.399. The molecule has 1 N–H and O–H groups in total. The molecule has 0 amide bonds. The predicted molar refractivity (Wildman–Crippen MR) is 74.5 cm³/mol. The van der Waals surface area contributed by atoms with E-state index in [2.05, 4.69) is 16.1 Å². The molecule has 3 fully saturated rings. The van der Waals surface area contributed by atoms with Gasteiger partial charge in [0.2, 0.25) is 0 Å². The molecule has 3 heterocycles. The number of rotatable bonds is 2. The van der Waals surface area contributed by atoms with Crippen molar-refractivity contribution in [1.29, 1.82) is 0 Å². The van der Waals surface area contributed by atoms with E-state index in [1.807, 2.05) is 24.3 Å². The van der Waals surface area contributed by atoms with Gasteiger partial charge in [0.25, 0.3) is 0 Å². The fourth-order valence-electron chi connectivity index (χ4n) is 3.00. The summed E-state index contributed by atoms with van der Waals surface area (Å²) in [7, 11) is 1.67. The van der Waals surface area contributed by atoms with Crippen molar-refractivity contribution in [2.75, 3.05) is 20.2 Å². The Labute approximate surface area is 113 Å². The maximum atomic E-state index is 9.28. The number of piperidine rings is 3. The summed E-state index contributed by atoms with van der Waals surface area (Å²) < 4.78 is 5.37. The van der Waals surface area contributed by atoms with E-state index in [4.69, 9.17) is 4.74 Å². The highest BCUT2D eigenvalue weighted by Gasteiger charge is 2.35. The van der Waals surface area contributed by atoms with Crippen LogP contribution in [-0.4, -0.2) is 36.0 Å². The first-order valence-electron chi connectivity index (χ1n) is 6.65. The molecule has 0 aliphatic carbocycles. The molecule has 3 aliphatic rings. The lowest BCUT2D eigenvalue weighted by atomic mass is 9.83. The third-order valence-corrected chi connectivity index (χ3v) is 4.02. The summed E-state index contributed by atoms with van der Waals surface area (Å²) in [6, 6.07) is 7.90. The lowest BCUT2D eigenvalue weighted by Crippen LogP contribution is -2.46. The SMILES string of the molecule is COc1ccccc1C=C1/C(=N\O)C2CCN1CC2. The third kappa shape index (κ3) is 2.07. The number of hydrogen-bond acceptors (Lipinski definition) is 4. The standard InChI is InChI=1S/C15H18N2O2/c1-19-14-5-3-2-4-12(14)10-13-15(16-18)11-6-8-17(13)9-7-11/h2-5,10-11,18H,6-9H2,1H3/b13-10?,16-15-. The van der Waals surface area contributed by atoms with Crippen LogP contribution in [0.25, 0.3) is 6.08 Å². The first kappa shape index (κ1) is 12.1. The fraction of sp³-hybridized carbons (Fsp3) is 0.400. The molecule has 0 aromatic heterocycles. The molecule has 1 aromatic rings. The van der Waals surface area contributed by atoms with Crippen molar-refractivity contribution in [2.45, 2.75) is 12.8 Å². The molecule has 1 aromatic carbocycles. The Balaban J connectivity index is 2.02. The maximum Gasteiger partial charge on any atom is 0.126 e. The summed E-state index contributed by atoms with van der Waals surface area (Å²) >= 11 is 0. The molecule has 2 bridgehead atoms. The number of benzene rings is 1. The van der Waals surface area contributed by atoms with Gasteiger partial charge in [-0.2, -0.15) is 0 Å². The van der Waals surface area contributed by atoms with Gasteiger partial charge in [0.1, 0.15) is 11.5 Å². The van der Waals surface area contributed by atoms with Crippen LogP contribution in [0.5, 0.6) is 5.75 Å². The lowest BCUT2D eigenvalue weighted by Gasteiger charge is -2.42. The van der Waals surface area contributed by atoms with Crippen LogP contribution < -0.4 is 4.74 Å². The van der Waals surface area contributed by atoms with Crippen LogP contribution in [0, 0.1) is 5.92 Å². The minimum Gasteiger partial charge on any atom is -0.496 e. The van der Waals surface area contributed by atoms with Crippen molar-refractivity contribution in [3.8, 4) is 5.75 Å². The third-order valence-electron chi connectivity index (χ3n) is 4.02. The van der Waals surface area contributed by atoms with Crippen LogP contribution in [0.3, 0.4) is 0 Å². The van der Waals surface area contributed by atoms with Gasteiger partial charge < -0.3 is 14.8 Å². The second kappa shape index (κ2) is 4.96. The van der Waals surface area contributed by atoms with Crippen molar-refractivity contribution in [2.24, 2.45) is 11.1 Å². The molecule has 0 spiro atoms. The largest absolute Gasteiger partial charge is 0.496 e. The number of ether oxygens (including phenoxy) is 1. The number of oxime groups is 1. The van der Waals surface area contributed by atoms with Crippen LogP contribution in [0.4, 0.5) is 0 Å². The normalized spacial score (nSPS) is 23.3. The van der Waals surface area contributed by atoms with E-state index >= 15 is 0 Å². The number of allylic oxidation sites excluding steroid dienone is 1. The highest BCUT2D eigenvalue weighted by Crippen LogP contribution is 2.34. The van der Waals surface area contributed by atoms with Crippen LogP contribution in [0.2, 0.25) is 0 Å². The maximum absolute atomic E-state index is 9.28. The number of hydrogen-bond donors (Lipinski definition) is 1. The fourth-order valence-corrected chi connectivity index (χ4v) is 3.00. The Morgan fingerprint density at radius 3 is 2.74 bits per heavy atom. The monoisotopic (exact) mass is 258 g/mol. The van der Waals surface area contributed by atoms with Gasteiger partial charge >= 0.3 is 0 Å². The molecule has 4 nitrogen and oxygen atoms in total. The number of fused-ring (bicyclic) bond motifs is 3. The van der Waals surface area contributed by atoms with Crippen LogP contribution in [0.1, 0.15) is 18.4 Å². The quantitative estimate of drug-likeness (QED) is 0.655. The highest BCUT2D eigenvalue weighted by molar-refractivity contribution is 6.05. The molecule has 0 radical (unpaired) electrons. The molecule has 3 saturated heterocycles. The van der Waals surface area contributed by atoms with Gasteiger partial charge in [-0.3, -0.25) is 0 Å². The molecular weight excluding hydrogens is 240 g/mol. The van der Waals surface area contributed by atoms with E-state index in [0.29, 0.717) is 5.92 Å². The van der Waals surface area contributed by atoms with Crippen molar-refractivity contribution in [3.05, 3.63) is 35.5 Å². The van der Waals surface area contributed by atoms with Crippen molar-refractivity contribution < 1.29 is 9.94 Å². The molecule has 4 heteroatoms. The topological polar surface area (TPSA) is 45.1 Å². The smallest absolute Gasteiger partial charge is 0.126 e. The molecule has 0 unspecified atom stereocenters. The number of para-hydroxylation sites is 1. The lowest BCUT2D eigenvalue weighted by molar-refractivity contribution is 0.229. The highest BCUT2D eigenvalue weighted by atomic mass is 16.5. The molecular formula is C15H18N2O2. The van der Waals surface area contributed by atoms with E-state index in [-0.39, 0.29) is 0 Å². The Bertz CT molecular complexity index is 529. The molecule has 0 saturated carbocycles. The van der Waals surface area contributed by atoms with E-state index < -0.39 is 0 Å². The zero-order valence-corrected chi connectivity index (χ0v) is 11.0. The van der Waals surface area contributed by atoms with Crippen LogP contribution in [0.15, 0.2) is 35.1 Å². The van der Waals surface area contributed by atoms with E-state index in [1.54, 1.807) is 7.11 Å². The van der Waals surface area contributed by atoms with Gasteiger partial charge in [-0.25, -0.2) is 0 Å². The van der Waals surface area contributed by atoms with Crippen LogP contribution in [-0.2, 0) is 0 Å². The summed E-state index contributed by atoms with van der Waals surface area (Å²) in [5.41, 5.74) is 2.88. The second-order valence-electron chi connectivity index (χ2n) is 5.02. The van der Waals surface area contributed by atoms with Crippen molar-refractivity contribution in [3.63, 3.8) is 0 Å². The summed E-state index contributed by atoms with van der Waals surface area (Å²) in [4.78, 5) is 2.29. The summed E-state index contributed by atoms with van der Waals surface area (Å²) in [5.74, 6) is 1.24. The first-order valence-corrected chi connectivity index (χ1v) is 6.65. The molecule has 100 valence electrons. The van der Waals surface area contributed by atoms with Gasteiger partial charge in [0.05, 0.1) is 12.8 Å². The minimum absolute atomic E-state index is 0.399. The Morgan fingerprint density at radius 1 is 1.32 bits per heavy atom. The summed E-state index contributed by atoms with van der Waals surface area (Å²) in [6.45, 7) is 2.09. The Kier molecular flexibility index (Phi) is 3.15. The van der Waals surface area contributed by atoms with Crippen molar-refractivity contribution >= 4 is 11.8 Å². The van der Waals surface area contributed by atoms with Gasteiger partial charge in [-0.15, -0.1) is 0 Å². The summed E-state index contributed by atoms with van der Waals surface area (Å²) in [6.07, 6.45) is 4.24. The van der Waals surface area contributed by atoms with Gasteiger partial charge in [-0.05, 0) is 25.0 Å². The zero-order chi connectivity index (χ0) is 13.2. The molecule has 4 rings (SSSR count). The molecule has 3 aliphatic heterocycles. The summed E-state index contributed by atoms with van der Waals surface area (Å²) in [5, 5.41) is 12.8. The average Bonchev–Trinajstić information content (AvgIpc) is 2.49. The Hall–Kier alpha value is -1.97. The molecule has 0 atom stereocenters. The van der Waals surface area contributed by atoms with Crippen LogP contribution >= 0.6 is 0 Å².